The summed E-state index contributed by atoms with van der Waals surface area (Å²) < 4.78 is 16.8. The lowest BCUT2D eigenvalue weighted by molar-refractivity contribution is 0.0734. The predicted molar refractivity (Wildman–Crippen MR) is 138 cm³/mol. The van der Waals surface area contributed by atoms with Crippen LogP contribution in [0.4, 0.5) is 15.3 Å². The number of rotatable bonds is 6. The highest BCUT2D eigenvalue weighted by Crippen LogP contribution is 2.34. The first kappa shape index (κ1) is 25.9. The largest absolute Gasteiger partial charge is 0.508 e. The Morgan fingerprint density at radius 2 is 1.79 bits per heavy atom. The Bertz CT molecular complexity index is 1580. The van der Waals surface area contributed by atoms with Crippen LogP contribution in [-0.2, 0) is 9.47 Å². The molecular formula is C27H23N3O8. The zero-order valence-corrected chi connectivity index (χ0v) is 20.5. The summed E-state index contributed by atoms with van der Waals surface area (Å²) >= 11 is 0. The molecule has 4 aromatic rings. The summed E-state index contributed by atoms with van der Waals surface area (Å²) in [6, 6.07) is 12.6. The first-order valence-electron chi connectivity index (χ1n) is 11.6. The summed E-state index contributed by atoms with van der Waals surface area (Å²) in [6.07, 6.45) is 1.23. The predicted octanol–water partition coefficient (Wildman–Crippen LogP) is 4.56. The van der Waals surface area contributed by atoms with Gasteiger partial charge in [0.1, 0.15) is 11.5 Å². The molecule has 0 spiro atoms. The van der Waals surface area contributed by atoms with E-state index in [-0.39, 0.29) is 58.1 Å². The molecule has 194 valence electrons. The van der Waals surface area contributed by atoms with E-state index in [0.29, 0.717) is 0 Å². The second kappa shape index (κ2) is 11.2. The third-order valence-corrected chi connectivity index (χ3v) is 5.33. The van der Waals surface area contributed by atoms with Crippen molar-refractivity contribution in [2.45, 2.75) is 13.8 Å². The Labute approximate surface area is 216 Å². The number of carbonyl (C=O) groups excluding carboxylic acids is 3. The number of aromatic nitrogens is 2. The first-order chi connectivity index (χ1) is 18.3. The smallest absolute Gasteiger partial charge is 0.418 e. The Hall–Kier alpha value is -5.19. The van der Waals surface area contributed by atoms with Crippen LogP contribution in [-0.4, -0.2) is 46.0 Å². The molecular weight excluding hydrogens is 494 g/mol. The van der Waals surface area contributed by atoms with Gasteiger partial charge in [-0.05, 0) is 50.2 Å². The summed E-state index contributed by atoms with van der Waals surface area (Å²) in [5.74, 6) is -0.787. The van der Waals surface area contributed by atoms with Gasteiger partial charge in [0, 0.05) is 41.5 Å². The summed E-state index contributed by atoms with van der Waals surface area (Å²) in [7, 11) is 0. The molecule has 0 saturated heterocycles. The topological polar surface area (TPSA) is 146 Å². The number of amides is 1. The zero-order valence-electron chi connectivity index (χ0n) is 20.5. The van der Waals surface area contributed by atoms with Gasteiger partial charge in [-0.25, -0.2) is 19.0 Å². The number of hydrogen-bond acceptors (Lipinski definition) is 9. The lowest BCUT2D eigenvalue weighted by Crippen LogP contribution is -2.21. The fourth-order valence-electron chi connectivity index (χ4n) is 3.73. The number of hydrogen-bond donors (Lipinski definition) is 2. The maximum atomic E-state index is 13.1. The number of pyridine rings is 2. The fourth-order valence-corrected chi connectivity index (χ4v) is 3.73. The van der Waals surface area contributed by atoms with Crippen molar-refractivity contribution >= 4 is 34.7 Å². The van der Waals surface area contributed by atoms with Crippen LogP contribution >= 0.6 is 0 Å². The standard InChI is InChI=1S/C27H23N3O8/c1-3-36-26(34)29-21-13-18(38-25(33)16-6-5-11-28-15-16)8-10-19(21)23-14-24(32)20-9-7-17(31)12-22(20)30(23)27(35)37-4-2/h5-15,31H,3-4H2,1-2H3,(H,29,34). The molecule has 0 radical (unpaired) electrons. The molecule has 0 atom stereocenters. The fraction of sp³-hybridized carbons (Fsp3) is 0.148. The molecule has 0 unspecified atom stereocenters. The SMILES string of the molecule is CCOC(=O)Nc1cc(OC(=O)c2cccnc2)ccc1-c1cc(=O)c2ccc(O)cc2n1C(=O)OCC. The maximum absolute atomic E-state index is 13.1. The van der Waals surface area contributed by atoms with E-state index in [1.165, 1.54) is 60.9 Å². The van der Waals surface area contributed by atoms with Gasteiger partial charge in [-0.15, -0.1) is 0 Å². The number of phenolic OH excluding ortho intramolecular Hbond substituents is 1. The molecule has 0 aliphatic rings. The number of ether oxygens (including phenoxy) is 3. The Kier molecular flexibility index (Phi) is 7.66. The van der Waals surface area contributed by atoms with Gasteiger partial charge in [-0.2, -0.15) is 0 Å². The van der Waals surface area contributed by atoms with Crippen molar-refractivity contribution in [3.8, 4) is 22.8 Å². The van der Waals surface area contributed by atoms with Gasteiger partial charge < -0.3 is 19.3 Å². The van der Waals surface area contributed by atoms with Crippen LogP contribution in [0.3, 0.4) is 0 Å². The molecule has 1 amide bonds. The van der Waals surface area contributed by atoms with Gasteiger partial charge in [0.15, 0.2) is 5.43 Å². The Morgan fingerprint density at radius 3 is 2.50 bits per heavy atom. The molecule has 4 rings (SSSR count). The molecule has 0 fully saturated rings. The average Bonchev–Trinajstić information content (AvgIpc) is 2.89. The lowest BCUT2D eigenvalue weighted by atomic mass is 10.1. The highest BCUT2D eigenvalue weighted by Gasteiger charge is 2.22. The van der Waals surface area contributed by atoms with Gasteiger partial charge in [0.2, 0.25) is 0 Å². The normalized spacial score (nSPS) is 10.6. The van der Waals surface area contributed by atoms with Crippen LogP contribution in [0.1, 0.15) is 24.2 Å². The Morgan fingerprint density at radius 1 is 1.00 bits per heavy atom. The van der Waals surface area contributed by atoms with Crippen molar-refractivity contribution in [2.75, 3.05) is 18.5 Å². The van der Waals surface area contributed by atoms with Crippen molar-refractivity contribution in [1.82, 2.24) is 9.55 Å². The number of phenols is 1. The van der Waals surface area contributed by atoms with Crippen LogP contribution in [0.2, 0.25) is 0 Å². The van der Waals surface area contributed by atoms with Crippen LogP contribution < -0.4 is 15.5 Å². The summed E-state index contributed by atoms with van der Waals surface area (Å²) in [6.45, 7) is 3.38. The van der Waals surface area contributed by atoms with Crippen molar-refractivity contribution in [3.63, 3.8) is 0 Å². The molecule has 2 aromatic carbocycles. The maximum Gasteiger partial charge on any atom is 0.418 e. The van der Waals surface area contributed by atoms with E-state index in [0.717, 1.165) is 4.57 Å². The van der Waals surface area contributed by atoms with Crippen molar-refractivity contribution < 1.29 is 33.7 Å². The molecule has 0 saturated carbocycles. The highest BCUT2D eigenvalue weighted by molar-refractivity contribution is 5.98. The van der Waals surface area contributed by atoms with Crippen LogP contribution in [0.15, 0.2) is 71.8 Å². The lowest BCUT2D eigenvalue weighted by Gasteiger charge is -2.18. The van der Waals surface area contributed by atoms with E-state index in [2.05, 4.69) is 10.3 Å². The minimum absolute atomic E-state index is 0.0435. The van der Waals surface area contributed by atoms with Gasteiger partial charge >= 0.3 is 18.2 Å². The first-order valence-corrected chi connectivity index (χ1v) is 11.6. The molecule has 0 bridgehead atoms. The number of carbonyl (C=O) groups is 3. The Balaban J connectivity index is 1.90. The number of anilines is 1. The number of benzene rings is 2. The van der Waals surface area contributed by atoms with E-state index in [1.54, 1.807) is 19.9 Å². The van der Waals surface area contributed by atoms with Crippen molar-refractivity contribution in [1.29, 1.82) is 0 Å². The number of aromatic hydroxyl groups is 1. The second-order valence-electron chi connectivity index (χ2n) is 7.81. The molecule has 0 aliphatic heterocycles. The minimum atomic E-state index is -0.813. The third-order valence-electron chi connectivity index (χ3n) is 5.33. The van der Waals surface area contributed by atoms with Gasteiger partial charge in [-0.3, -0.25) is 15.1 Å². The van der Waals surface area contributed by atoms with Crippen molar-refractivity contribution in [3.05, 3.63) is 82.8 Å². The monoisotopic (exact) mass is 517 g/mol. The number of nitrogens with one attached hydrogen (secondary N) is 1. The molecule has 11 nitrogen and oxygen atoms in total. The van der Waals surface area contributed by atoms with Gasteiger partial charge in [0.05, 0.1) is 35.7 Å². The van der Waals surface area contributed by atoms with Gasteiger partial charge in [0.25, 0.3) is 0 Å². The van der Waals surface area contributed by atoms with E-state index >= 15 is 0 Å². The van der Waals surface area contributed by atoms with E-state index < -0.39 is 23.6 Å². The minimum Gasteiger partial charge on any atom is -0.508 e. The molecule has 0 aliphatic carbocycles. The van der Waals surface area contributed by atoms with Gasteiger partial charge in [-0.1, -0.05) is 0 Å². The zero-order chi connectivity index (χ0) is 27.2. The molecule has 2 aromatic heterocycles. The summed E-state index contributed by atoms with van der Waals surface area (Å²) in [5.41, 5.74) is 0.224. The second-order valence-corrected chi connectivity index (χ2v) is 7.81. The highest BCUT2D eigenvalue weighted by atomic mass is 16.6. The number of fused-ring (bicyclic) bond motifs is 1. The quantitative estimate of drug-likeness (QED) is 0.277. The number of esters is 1. The molecule has 2 heterocycles. The van der Waals surface area contributed by atoms with Crippen LogP contribution in [0.5, 0.6) is 11.5 Å². The van der Waals surface area contributed by atoms with E-state index in [4.69, 9.17) is 14.2 Å². The van der Waals surface area contributed by atoms with Crippen LogP contribution in [0, 0.1) is 0 Å². The molecule has 11 heteroatoms. The molecule has 38 heavy (non-hydrogen) atoms. The summed E-state index contributed by atoms with van der Waals surface area (Å²) in [5, 5.41) is 12.8. The molecule has 2 N–H and O–H groups in total. The van der Waals surface area contributed by atoms with E-state index in [1.807, 2.05) is 0 Å². The van der Waals surface area contributed by atoms with Crippen LogP contribution in [0.25, 0.3) is 22.2 Å². The van der Waals surface area contributed by atoms with E-state index in [9.17, 15) is 24.3 Å². The average molecular weight is 517 g/mol. The number of nitrogens with zero attached hydrogens (tertiary/aromatic N) is 2. The third kappa shape index (κ3) is 5.46. The van der Waals surface area contributed by atoms with Crippen molar-refractivity contribution in [2.24, 2.45) is 0 Å². The summed E-state index contributed by atoms with van der Waals surface area (Å²) in [4.78, 5) is 54.8.